The molecule has 0 amide bonds. The number of rotatable bonds is 2. The minimum absolute atomic E-state index is 0. The lowest BCUT2D eigenvalue weighted by molar-refractivity contribution is 0.281. The van der Waals surface area contributed by atoms with Gasteiger partial charge in [-0.05, 0) is 11.6 Å². The van der Waals surface area contributed by atoms with Gasteiger partial charge in [-0.2, -0.15) is 0 Å². The zero-order valence-electron chi connectivity index (χ0n) is 8.93. The van der Waals surface area contributed by atoms with Crippen molar-refractivity contribution in [3.8, 4) is 0 Å². The first-order valence-electron chi connectivity index (χ1n) is 4.91. The first-order valence-corrected chi connectivity index (χ1v) is 4.91. The monoisotopic (exact) mass is 265 g/mol. The third-order valence-corrected chi connectivity index (χ3v) is 2.43. The highest BCUT2D eigenvalue weighted by Crippen LogP contribution is 2.11. The van der Waals surface area contributed by atoms with E-state index in [9.17, 15) is 0 Å². The van der Waals surface area contributed by atoms with Gasteiger partial charge in [-0.1, -0.05) is 6.07 Å². The van der Waals surface area contributed by atoms with Crippen molar-refractivity contribution in [2.75, 3.05) is 31.1 Å². The minimum Gasteiger partial charge on any atom is -0.392 e. The quantitative estimate of drug-likeness (QED) is 0.832. The number of nitrogens with one attached hydrogen (secondary N) is 1. The molecule has 2 N–H and O–H groups in total. The van der Waals surface area contributed by atoms with Crippen LogP contribution in [0.4, 0.5) is 5.82 Å². The fourth-order valence-electron chi connectivity index (χ4n) is 1.59. The molecule has 1 aromatic rings. The van der Waals surface area contributed by atoms with Crippen LogP contribution in [-0.4, -0.2) is 36.3 Å². The van der Waals surface area contributed by atoms with Gasteiger partial charge in [0.15, 0.2) is 0 Å². The predicted octanol–water partition coefficient (Wildman–Crippen LogP) is 0.827. The fourth-order valence-corrected chi connectivity index (χ4v) is 1.59. The molecule has 0 spiro atoms. The van der Waals surface area contributed by atoms with E-state index in [2.05, 4.69) is 15.2 Å². The van der Waals surface area contributed by atoms with E-state index < -0.39 is 0 Å². The number of nitrogens with zero attached hydrogens (tertiary/aromatic N) is 2. The third-order valence-electron chi connectivity index (χ3n) is 2.43. The van der Waals surface area contributed by atoms with Crippen LogP contribution in [0.3, 0.4) is 0 Å². The average molecular weight is 266 g/mol. The summed E-state index contributed by atoms with van der Waals surface area (Å²) in [5, 5.41) is 12.2. The van der Waals surface area contributed by atoms with Gasteiger partial charge < -0.3 is 15.3 Å². The van der Waals surface area contributed by atoms with Crippen molar-refractivity contribution in [2.24, 2.45) is 0 Å². The van der Waals surface area contributed by atoms with Crippen LogP contribution in [0, 0.1) is 0 Å². The van der Waals surface area contributed by atoms with Crippen LogP contribution >= 0.6 is 24.8 Å². The molecule has 1 aliphatic heterocycles. The van der Waals surface area contributed by atoms with Gasteiger partial charge in [-0.3, -0.25) is 0 Å². The molecule has 2 rings (SSSR count). The molecule has 1 fully saturated rings. The predicted molar refractivity (Wildman–Crippen MR) is 69.7 cm³/mol. The van der Waals surface area contributed by atoms with Gasteiger partial charge in [0.2, 0.25) is 0 Å². The van der Waals surface area contributed by atoms with Gasteiger partial charge in [0.25, 0.3) is 0 Å². The van der Waals surface area contributed by atoms with E-state index in [0.717, 1.165) is 37.6 Å². The van der Waals surface area contributed by atoms with E-state index in [1.165, 1.54) is 0 Å². The summed E-state index contributed by atoms with van der Waals surface area (Å²) in [4.78, 5) is 6.56. The number of halogens is 2. The van der Waals surface area contributed by atoms with Crippen molar-refractivity contribution in [3.63, 3.8) is 0 Å². The molecular formula is C10H17Cl2N3O. The van der Waals surface area contributed by atoms with Crippen LogP contribution in [0.5, 0.6) is 0 Å². The number of anilines is 1. The maximum absolute atomic E-state index is 8.88. The molecular weight excluding hydrogens is 249 g/mol. The Hall–Kier alpha value is -0.550. The zero-order chi connectivity index (χ0) is 9.80. The Morgan fingerprint density at radius 2 is 1.94 bits per heavy atom. The lowest BCUT2D eigenvalue weighted by Gasteiger charge is -2.28. The lowest BCUT2D eigenvalue weighted by Crippen LogP contribution is -2.43. The Morgan fingerprint density at radius 3 is 2.44 bits per heavy atom. The van der Waals surface area contributed by atoms with Crippen LogP contribution in [0.1, 0.15) is 5.56 Å². The largest absolute Gasteiger partial charge is 0.392 e. The summed E-state index contributed by atoms with van der Waals surface area (Å²) in [6.07, 6.45) is 1.73. The molecule has 0 atom stereocenters. The highest BCUT2D eigenvalue weighted by atomic mass is 35.5. The second-order valence-corrected chi connectivity index (χ2v) is 3.42. The summed E-state index contributed by atoms with van der Waals surface area (Å²) in [6, 6.07) is 3.89. The number of aromatic nitrogens is 1. The number of piperazine rings is 1. The number of pyridine rings is 1. The molecule has 6 heteroatoms. The van der Waals surface area contributed by atoms with E-state index in [0.29, 0.717) is 0 Å². The Balaban J connectivity index is 0.00000112. The highest BCUT2D eigenvalue weighted by molar-refractivity contribution is 5.85. The fraction of sp³-hybridized carbons (Fsp3) is 0.500. The standard InChI is InChI=1S/C10H15N3O.2ClH/c14-8-9-1-2-10(12-7-9)13-5-3-11-4-6-13;;/h1-2,7,11,14H,3-6,8H2;2*1H. The number of hydrogen-bond donors (Lipinski definition) is 2. The maximum Gasteiger partial charge on any atom is 0.128 e. The van der Waals surface area contributed by atoms with Gasteiger partial charge in [0, 0.05) is 32.4 Å². The molecule has 92 valence electrons. The molecule has 0 aliphatic carbocycles. The first-order chi connectivity index (χ1) is 6.90. The van der Waals surface area contributed by atoms with Crippen LogP contribution in [-0.2, 0) is 6.61 Å². The molecule has 2 heterocycles. The average Bonchev–Trinajstić information content (AvgIpc) is 2.30. The van der Waals surface area contributed by atoms with Crippen molar-refractivity contribution in [1.29, 1.82) is 0 Å². The van der Waals surface area contributed by atoms with Crippen molar-refractivity contribution in [2.45, 2.75) is 6.61 Å². The van der Waals surface area contributed by atoms with Gasteiger partial charge in [0.1, 0.15) is 5.82 Å². The molecule has 0 unspecified atom stereocenters. The molecule has 1 aliphatic rings. The Kier molecular flexibility index (Phi) is 7.42. The van der Waals surface area contributed by atoms with Crippen LogP contribution in [0.15, 0.2) is 18.3 Å². The molecule has 0 radical (unpaired) electrons. The highest BCUT2D eigenvalue weighted by Gasteiger charge is 2.10. The molecule has 16 heavy (non-hydrogen) atoms. The maximum atomic E-state index is 8.88. The van der Waals surface area contributed by atoms with E-state index in [4.69, 9.17) is 5.11 Å². The molecule has 0 bridgehead atoms. The van der Waals surface area contributed by atoms with Crippen LogP contribution in [0.25, 0.3) is 0 Å². The van der Waals surface area contributed by atoms with Gasteiger partial charge >= 0.3 is 0 Å². The summed E-state index contributed by atoms with van der Waals surface area (Å²) in [5.74, 6) is 1.00. The minimum atomic E-state index is 0. The van der Waals surface area contributed by atoms with Gasteiger partial charge in [0.05, 0.1) is 6.61 Å². The van der Waals surface area contributed by atoms with Gasteiger partial charge in [-0.15, -0.1) is 24.8 Å². The number of aliphatic hydroxyl groups excluding tert-OH is 1. The molecule has 1 aromatic heterocycles. The van der Waals surface area contributed by atoms with Crippen molar-refractivity contribution in [1.82, 2.24) is 10.3 Å². The van der Waals surface area contributed by atoms with Crippen molar-refractivity contribution < 1.29 is 5.11 Å². The van der Waals surface area contributed by atoms with Crippen LogP contribution in [0.2, 0.25) is 0 Å². The Bertz CT molecular complexity index is 289. The normalized spacial score (nSPS) is 14.9. The molecule has 0 aromatic carbocycles. The Morgan fingerprint density at radius 1 is 1.25 bits per heavy atom. The second kappa shape index (κ2) is 7.68. The lowest BCUT2D eigenvalue weighted by atomic mass is 10.3. The third kappa shape index (κ3) is 3.79. The van der Waals surface area contributed by atoms with E-state index in [1.54, 1.807) is 6.20 Å². The summed E-state index contributed by atoms with van der Waals surface area (Å²) < 4.78 is 0. The van der Waals surface area contributed by atoms with Gasteiger partial charge in [-0.25, -0.2) is 4.98 Å². The molecule has 1 saturated heterocycles. The second-order valence-electron chi connectivity index (χ2n) is 3.42. The van der Waals surface area contributed by atoms with E-state index in [1.807, 2.05) is 12.1 Å². The topological polar surface area (TPSA) is 48.4 Å². The van der Waals surface area contributed by atoms with E-state index >= 15 is 0 Å². The van der Waals surface area contributed by atoms with Crippen LogP contribution < -0.4 is 10.2 Å². The Labute approximate surface area is 108 Å². The number of hydrogen-bond acceptors (Lipinski definition) is 4. The SMILES string of the molecule is Cl.Cl.OCc1ccc(N2CCNCC2)nc1. The van der Waals surface area contributed by atoms with Crippen molar-refractivity contribution in [3.05, 3.63) is 23.9 Å². The van der Waals surface area contributed by atoms with E-state index in [-0.39, 0.29) is 31.4 Å². The summed E-state index contributed by atoms with van der Waals surface area (Å²) >= 11 is 0. The van der Waals surface area contributed by atoms with Crippen molar-refractivity contribution >= 4 is 30.6 Å². The summed E-state index contributed by atoms with van der Waals surface area (Å²) in [6.45, 7) is 4.11. The number of aliphatic hydroxyl groups is 1. The molecule has 0 saturated carbocycles. The zero-order valence-corrected chi connectivity index (χ0v) is 10.6. The summed E-state index contributed by atoms with van der Waals surface area (Å²) in [5.41, 5.74) is 0.865. The summed E-state index contributed by atoms with van der Waals surface area (Å²) in [7, 11) is 0. The first kappa shape index (κ1) is 15.4. The smallest absolute Gasteiger partial charge is 0.128 e. The molecule has 4 nitrogen and oxygen atoms in total.